The molecular formula is C25H30N2+2. The molecular weight excluding hydrogens is 328 g/mol. The highest BCUT2D eigenvalue weighted by Crippen LogP contribution is 2.40. The minimum atomic E-state index is 0.0211. The molecule has 2 heterocycles. The summed E-state index contributed by atoms with van der Waals surface area (Å²) in [6.45, 7) is 9.29. The maximum Gasteiger partial charge on any atom is 0.209 e. The van der Waals surface area contributed by atoms with Crippen molar-refractivity contribution in [2.75, 3.05) is 14.1 Å². The van der Waals surface area contributed by atoms with E-state index in [-0.39, 0.29) is 10.8 Å². The van der Waals surface area contributed by atoms with Gasteiger partial charge in [-0.3, -0.25) is 4.90 Å². The summed E-state index contributed by atoms with van der Waals surface area (Å²) >= 11 is 0. The van der Waals surface area contributed by atoms with Crippen LogP contribution in [0.4, 0.5) is 11.4 Å². The van der Waals surface area contributed by atoms with Crippen LogP contribution in [0.2, 0.25) is 0 Å². The second-order valence-electron chi connectivity index (χ2n) is 8.82. The van der Waals surface area contributed by atoms with Crippen LogP contribution in [0.1, 0.15) is 38.8 Å². The number of hydrogen-bond donors (Lipinski definition) is 1. The predicted molar refractivity (Wildman–Crippen MR) is 114 cm³/mol. The molecule has 0 saturated carbocycles. The molecule has 2 aliphatic rings. The summed E-state index contributed by atoms with van der Waals surface area (Å²) in [4.78, 5) is 1.40. The first kappa shape index (κ1) is 17.9. The van der Waals surface area contributed by atoms with E-state index in [4.69, 9.17) is 0 Å². The Morgan fingerprint density at radius 1 is 0.852 bits per heavy atom. The van der Waals surface area contributed by atoms with E-state index in [1.54, 1.807) is 0 Å². The van der Waals surface area contributed by atoms with Gasteiger partial charge in [0.2, 0.25) is 5.69 Å². The van der Waals surface area contributed by atoms with Crippen molar-refractivity contribution in [1.29, 1.82) is 0 Å². The molecule has 1 atom stereocenters. The number of fused-ring (bicyclic) bond motifs is 2. The SMILES string of the molecule is C[N+]1=C(/C=C/C=C2/[NH+](C)c3ccccc3C2(C)C)C(C)(C)c2ccccc21. The second kappa shape index (κ2) is 6.03. The maximum atomic E-state index is 2.33. The van der Waals surface area contributed by atoms with Crippen molar-refractivity contribution in [2.24, 2.45) is 0 Å². The highest BCUT2D eigenvalue weighted by Gasteiger charge is 2.44. The van der Waals surface area contributed by atoms with E-state index in [2.05, 4.69) is 113 Å². The Labute approximate surface area is 163 Å². The fourth-order valence-electron chi connectivity index (χ4n) is 4.98. The van der Waals surface area contributed by atoms with Gasteiger partial charge in [0, 0.05) is 23.3 Å². The van der Waals surface area contributed by atoms with E-state index in [0.29, 0.717) is 0 Å². The first-order valence-electron chi connectivity index (χ1n) is 9.79. The number of likely N-dealkylation sites (N-methyl/N-ethyl adjacent to an activating group) is 1. The summed E-state index contributed by atoms with van der Waals surface area (Å²) in [5, 5.41) is 0. The number of allylic oxidation sites excluding steroid dienone is 4. The molecule has 1 unspecified atom stereocenters. The van der Waals surface area contributed by atoms with E-state index in [0.717, 1.165) is 0 Å². The molecule has 0 fully saturated rings. The minimum absolute atomic E-state index is 0.0211. The zero-order valence-corrected chi connectivity index (χ0v) is 17.3. The third-order valence-corrected chi connectivity index (χ3v) is 6.54. The van der Waals surface area contributed by atoms with Crippen LogP contribution in [-0.2, 0) is 10.8 Å². The predicted octanol–water partition coefficient (Wildman–Crippen LogP) is 4.27. The summed E-state index contributed by atoms with van der Waals surface area (Å²) in [6, 6.07) is 17.5. The summed E-state index contributed by atoms with van der Waals surface area (Å²) in [7, 11) is 4.43. The van der Waals surface area contributed by atoms with Crippen molar-refractivity contribution in [3.63, 3.8) is 0 Å². The number of benzene rings is 2. The van der Waals surface area contributed by atoms with E-state index in [1.165, 1.54) is 38.8 Å². The lowest BCUT2D eigenvalue weighted by molar-refractivity contribution is -0.764. The molecule has 0 radical (unpaired) electrons. The average molecular weight is 359 g/mol. The lowest BCUT2D eigenvalue weighted by atomic mass is 9.81. The molecule has 0 aromatic heterocycles. The van der Waals surface area contributed by atoms with Crippen LogP contribution in [-0.4, -0.2) is 24.4 Å². The first-order chi connectivity index (χ1) is 12.8. The minimum Gasteiger partial charge on any atom is -0.275 e. The number of hydrogen-bond acceptors (Lipinski definition) is 0. The second-order valence-corrected chi connectivity index (χ2v) is 8.82. The number of quaternary nitrogens is 1. The maximum absolute atomic E-state index is 2.33. The van der Waals surface area contributed by atoms with Crippen LogP contribution in [0.5, 0.6) is 0 Å². The highest BCUT2D eigenvalue weighted by atomic mass is 15.2. The molecule has 1 N–H and O–H groups in total. The summed E-state index contributed by atoms with van der Waals surface area (Å²) in [5.74, 6) is 0. The Bertz CT molecular complexity index is 1000. The summed E-state index contributed by atoms with van der Waals surface area (Å²) < 4.78 is 2.33. The fraction of sp³-hybridized carbons (Fsp3) is 0.320. The quantitative estimate of drug-likeness (QED) is 0.767. The Hall–Kier alpha value is -2.45. The molecule has 27 heavy (non-hydrogen) atoms. The number of para-hydroxylation sites is 2. The van der Waals surface area contributed by atoms with E-state index in [9.17, 15) is 0 Å². The van der Waals surface area contributed by atoms with Gasteiger partial charge < -0.3 is 0 Å². The summed E-state index contributed by atoms with van der Waals surface area (Å²) in [6.07, 6.45) is 6.85. The van der Waals surface area contributed by atoms with Crippen LogP contribution in [0.25, 0.3) is 0 Å². The highest BCUT2D eigenvalue weighted by molar-refractivity contribution is 6.03. The molecule has 0 spiro atoms. The molecule has 2 aliphatic heterocycles. The normalized spacial score (nSPS) is 23.9. The van der Waals surface area contributed by atoms with Gasteiger partial charge in [-0.05, 0) is 39.8 Å². The third kappa shape index (κ3) is 2.55. The van der Waals surface area contributed by atoms with Crippen molar-refractivity contribution >= 4 is 17.1 Å². The van der Waals surface area contributed by atoms with Crippen LogP contribution < -0.4 is 4.90 Å². The Kier molecular flexibility index (Phi) is 4.01. The lowest BCUT2D eigenvalue weighted by Gasteiger charge is -2.18. The van der Waals surface area contributed by atoms with Gasteiger partial charge in [-0.15, -0.1) is 0 Å². The zero-order chi connectivity index (χ0) is 19.4. The topological polar surface area (TPSA) is 7.45 Å². The molecule has 4 rings (SSSR count). The van der Waals surface area contributed by atoms with E-state index < -0.39 is 0 Å². The number of nitrogens with zero attached hydrogens (tertiary/aromatic N) is 1. The Morgan fingerprint density at radius 2 is 1.48 bits per heavy atom. The average Bonchev–Trinajstić information content (AvgIpc) is 2.96. The van der Waals surface area contributed by atoms with Gasteiger partial charge in [-0.1, -0.05) is 42.5 Å². The van der Waals surface area contributed by atoms with Crippen molar-refractivity contribution in [3.05, 3.63) is 83.6 Å². The molecule has 138 valence electrons. The Balaban J connectivity index is 1.70. The number of nitrogens with one attached hydrogen (secondary N) is 1. The monoisotopic (exact) mass is 358 g/mol. The largest absolute Gasteiger partial charge is 0.275 e. The number of rotatable bonds is 2. The van der Waals surface area contributed by atoms with Gasteiger partial charge in [0.15, 0.2) is 5.71 Å². The summed E-state index contributed by atoms with van der Waals surface area (Å²) in [5.41, 5.74) is 8.36. The smallest absolute Gasteiger partial charge is 0.209 e. The van der Waals surface area contributed by atoms with Crippen molar-refractivity contribution in [1.82, 2.24) is 0 Å². The zero-order valence-electron chi connectivity index (χ0n) is 17.3. The van der Waals surface area contributed by atoms with Crippen molar-refractivity contribution in [2.45, 2.75) is 38.5 Å². The molecule has 2 nitrogen and oxygen atoms in total. The van der Waals surface area contributed by atoms with E-state index >= 15 is 0 Å². The fourth-order valence-corrected chi connectivity index (χ4v) is 4.98. The molecule has 2 aromatic rings. The van der Waals surface area contributed by atoms with Crippen molar-refractivity contribution in [3.8, 4) is 0 Å². The molecule has 0 saturated heterocycles. The van der Waals surface area contributed by atoms with Gasteiger partial charge in [-0.2, -0.15) is 4.58 Å². The molecule has 2 aromatic carbocycles. The van der Waals surface area contributed by atoms with Crippen LogP contribution in [0, 0.1) is 0 Å². The molecule has 2 heteroatoms. The molecule has 0 amide bonds. The lowest BCUT2D eigenvalue weighted by Crippen LogP contribution is -3.01. The van der Waals surface area contributed by atoms with Gasteiger partial charge in [0.1, 0.15) is 18.4 Å². The Morgan fingerprint density at radius 3 is 2.15 bits per heavy atom. The van der Waals surface area contributed by atoms with Gasteiger partial charge in [-0.25, -0.2) is 0 Å². The van der Waals surface area contributed by atoms with Gasteiger partial charge >= 0.3 is 0 Å². The molecule has 0 aliphatic carbocycles. The van der Waals surface area contributed by atoms with Crippen LogP contribution in [0.3, 0.4) is 0 Å². The first-order valence-corrected chi connectivity index (χ1v) is 9.79. The van der Waals surface area contributed by atoms with Crippen LogP contribution in [0.15, 0.2) is 72.5 Å². The van der Waals surface area contributed by atoms with Crippen LogP contribution >= 0.6 is 0 Å². The molecule has 0 bridgehead atoms. The third-order valence-electron chi connectivity index (χ3n) is 6.54. The van der Waals surface area contributed by atoms with Crippen molar-refractivity contribution < 1.29 is 9.48 Å². The van der Waals surface area contributed by atoms with Gasteiger partial charge in [0.05, 0.1) is 17.9 Å². The standard InChI is InChI=1S/C25H29N2/c1-24(2)18-12-7-9-14-20(18)26(5)22(24)16-11-17-23-25(3,4)19-13-8-10-15-21(19)27(23)6/h7-17H,1-6H3/q+1/p+1. The van der Waals surface area contributed by atoms with E-state index in [1.807, 2.05) is 0 Å². The van der Waals surface area contributed by atoms with Gasteiger partial charge in [0.25, 0.3) is 0 Å².